The quantitative estimate of drug-likeness (QED) is 0.129. The molecule has 62 heavy (non-hydrogen) atoms. The van der Waals surface area contributed by atoms with E-state index in [4.69, 9.17) is 0 Å². The molecular formula is C60H44N2. The fourth-order valence-electron chi connectivity index (χ4n) is 8.31. The van der Waals surface area contributed by atoms with Gasteiger partial charge in [0, 0.05) is 34.0 Å². The van der Waals surface area contributed by atoms with E-state index in [0.717, 1.165) is 45.3 Å². The lowest BCUT2D eigenvalue weighted by Gasteiger charge is -2.28. The van der Waals surface area contributed by atoms with Gasteiger partial charge in [0.15, 0.2) is 0 Å². The van der Waals surface area contributed by atoms with Crippen molar-refractivity contribution in [2.75, 3.05) is 9.80 Å². The van der Waals surface area contributed by atoms with Crippen LogP contribution in [-0.4, -0.2) is 0 Å². The lowest BCUT2D eigenvalue weighted by Crippen LogP contribution is -2.11. The number of nitrogens with zero attached hydrogens (tertiary/aromatic N) is 2. The summed E-state index contributed by atoms with van der Waals surface area (Å²) in [5.41, 5.74) is 18.5. The van der Waals surface area contributed by atoms with E-state index in [1.54, 1.807) is 0 Å². The zero-order valence-corrected chi connectivity index (χ0v) is 34.3. The van der Waals surface area contributed by atoms with Gasteiger partial charge in [-0.25, -0.2) is 0 Å². The first-order valence-corrected chi connectivity index (χ1v) is 21.2. The van der Waals surface area contributed by atoms with Gasteiger partial charge in [-0.05, 0) is 117 Å². The molecule has 0 saturated heterocycles. The molecule has 0 aliphatic carbocycles. The Bertz CT molecular complexity index is 2980. The molecule has 294 valence electrons. The van der Waals surface area contributed by atoms with Crippen molar-refractivity contribution in [2.45, 2.75) is 0 Å². The van der Waals surface area contributed by atoms with Gasteiger partial charge >= 0.3 is 0 Å². The second-order valence-corrected chi connectivity index (χ2v) is 15.4. The maximum absolute atomic E-state index is 2.37. The number of rotatable bonds is 11. The number of benzene rings is 10. The summed E-state index contributed by atoms with van der Waals surface area (Å²) in [6, 6.07) is 95.5. The third-order valence-corrected chi connectivity index (χ3v) is 11.5. The summed E-state index contributed by atoms with van der Waals surface area (Å²) in [5.74, 6) is 0. The first-order chi connectivity index (χ1) is 30.7. The molecule has 0 amide bonds. The Morgan fingerprint density at radius 1 is 0.161 bits per heavy atom. The van der Waals surface area contributed by atoms with Crippen molar-refractivity contribution in [3.05, 3.63) is 267 Å². The molecule has 0 unspecified atom stereocenters. The second-order valence-electron chi connectivity index (χ2n) is 15.4. The molecule has 0 aromatic heterocycles. The Kier molecular flexibility index (Phi) is 10.8. The normalized spacial score (nSPS) is 10.9. The van der Waals surface area contributed by atoms with Gasteiger partial charge < -0.3 is 9.80 Å². The van der Waals surface area contributed by atoms with Crippen LogP contribution in [-0.2, 0) is 0 Å². The Balaban J connectivity index is 0.944. The summed E-state index contributed by atoms with van der Waals surface area (Å²) in [4.78, 5) is 4.69. The summed E-state index contributed by atoms with van der Waals surface area (Å²) >= 11 is 0. The maximum atomic E-state index is 2.37. The maximum Gasteiger partial charge on any atom is 0.0540 e. The molecule has 0 saturated carbocycles. The van der Waals surface area contributed by atoms with E-state index in [2.05, 4.69) is 277 Å². The second kappa shape index (κ2) is 17.6. The number of hydrogen-bond donors (Lipinski definition) is 0. The fourth-order valence-corrected chi connectivity index (χ4v) is 8.31. The van der Waals surface area contributed by atoms with E-state index < -0.39 is 0 Å². The molecule has 10 rings (SSSR count). The zero-order chi connectivity index (χ0) is 41.5. The molecule has 0 radical (unpaired) electrons. The van der Waals surface area contributed by atoms with Gasteiger partial charge in [0.25, 0.3) is 0 Å². The topological polar surface area (TPSA) is 6.48 Å². The van der Waals surface area contributed by atoms with Crippen LogP contribution < -0.4 is 9.80 Å². The Morgan fingerprint density at radius 2 is 0.403 bits per heavy atom. The monoisotopic (exact) mass is 792 g/mol. The third-order valence-electron chi connectivity index (χ3n) is 11.5. The predicted octanol–water partition coefficient (Wildman–Crippen LogP) is 17.0. The average molecular weight is 793 g/mol. The van der Waals surface area contributed by atoms with Gasteiger partial charge in [-0.2, -0.15) is 0 Å². The zero-order valence-electron chi connectivity index (χ0n) is 34.3. The molecule has 0 aliphatic rings. The molecule has 0 N–H and O–H groups in total. The highest BCUT2D eigenvalue weighted by atomic mass is 15.1. The molecule has 2 heteroatoms. The lowest BCUT2D eigenvalue weighted by molar-refractivity contribution is 1.28. The number of para-hydroxylation sites is 2. The summed E-state index contributed by atoms with van der Waals surface area (Å²) in [6.45, 7) is 0. The van der Waals surface area contributed by atoms with E-state index in [9.17, 15) is 0 Å². The molecule has 0 fully saturated rings. The van der Waals surface area contributed by atoms with Gasteiger partial charge in [0.1, 0.15) is 0 Å². The Morgan fingerprint density at radius 3 is 0.774 bits per heavy atom. The van der Waals surface area contributed by atoms with Crippen LogP contribution in [0.2, 0.25) is 0 Å². The van der Waals surface area contributed by atoms with E-state index in [-0.39, 0.29) is 0 Å². The minimum atomic E-state index is 1.09. The van der Waals surface area contributed by atoms with Gasteiger partial charge in [0.2, 0.25) is 0 Å². The fraction of sp³-hybridized carbons (Fsp3) is 0. The van der Waals surface area contributed by atoms with Crippen LogP contribution in [0.15, 0.2) is 267 Å². The molecule has 0 atom stereocenters. The van der Waals surface area contributed by atoms with Gasteiger partial charge in [-0.15, -0.1) is 0 Å². The summed E-state index contributed by atoms with van der Waals surface area (Å²) in [7, 11) is 0. The van der Waals surface area contributed by atoms with Gasteiger partial charge in [-0.3, -0.25) is 0 Å². The van der Waals surface area contributed by atoms with E-state index in [1.165, 1.54) is 44.5 Å². The molecule has 0 bridgehead atoms. The van der Waals surface area contributed by atoms with Crippen molar-refractivity contribution in [1.29, 1.82) is 0 Å². The van der Waals surface area contributed by atoms with Gasteiger partial charge in [0.05, 0.1) is 5.69 Å². The third kappa shape index (κ3) is 8.06. The smallest absolute Gasteiger partial charge is 0.0540 e. The number of anilines is 6. The molecule has 0 aliphatic heterocycles. The largest absolute Gasteiger partial charge is 0.311 e. The highest BCUT2D eigenvalue weighted by Crippen LogP contribution is 2.42. The highest BCUT2D eigenvalue weighted by Gasteiger charge is 2.18. The minimum absolute atomic E-state index is 1.09. The van der Waals surface area contributed by atoms with Crippen LogP contribution >= 0.6 is 0 Å². The van der Waals surface area contributed by atoms with E-state index >= 15 is 0 Å². The van der Waals surface area contributed by atoms with Crippen LogP contribution in [0, 0.1) is 0 Å². The SMILES string of the molecule is c1ccc(-c2ccc(-c3ccc(N(c4ccccc4)c4ccc(-c5ccc(N(c6ccc(-c7ccccc7)cc6)c6ccccc6-c6ccccc6)cc5)cc4)cc3)cc2)cc1. The minimum Gasteiger partial charge on any atom is -0.311 e. The first kappa shape index (κ1) is 38.0. The molecule has 10 aromatic rings. The van der Waals surface area contributed by atoms with Crippen molar-refractivity contribution in [3.63, 3.8) is 0 Å². The summed E-state index contributed by atoms with van der Waals surface area (Å²) in [6.07, 6.45) is 0. The molecule has 10 aromatic carbocycles. The molecule has 0 spiro atoms. The average Bonchev–Trinajstić information content (AvgIpc) is 3.36. The summed E-state index contributed by atoms with van der Waals surface area (Å²) < 4.78 is 0. The Hall–Kier alpha value is -8.20. The van der Waals surface area contributed by atoms with Crippen LogP contribution in [0.25, 0.3) is 55.6 Å². The van der Waals surface area contributed by atoms with Crippen molar-refractivity contribution in [1.82, 2.24) is 0 Å². The molecule has 0 heterocycles. The van der Waals surface area contributed by atoms with Crippen molar-refractivity contribution in [2.24, 2.45) is 0 Å². The van der Waals surface area contributed by atoms with Crippen LogP contribution in [0.1, 0.15) is 0 Å². The standard InChI is InChI=1S/C60H44N2/c1-5-15-45(16-6-1)47-25-27-48(28-26-47)50-29-37-55(38-30-50)61(54-21-11-4-12-22-54)56-39-31-51(32-40-56)52-35-43-58(44-36-52)62(57-41-33-49(34-42-57)46-17-7-2-8-18-46)60-24-14-13-23-59(60)53-19-9-3-10-20-53/h1-44H. The number of hydrogen-bond acceptors (Lipinski definition) is 2. The van der Waals surface area contributed by atoms with Crippen LogP contribution in [0.5, 0.6) is 0 Å². The van der Waals surface area contributed by atoms with E-state index in [0.29, 0.717) is 0 Å². The highest BCUT2D eigenvalue weighted by molar-refractivity contribution is 5.89. The molecule has 2 nitrogen and oxygen atoms in total. The summed E-state index contributed by atoms with van der Waals surface area (Å²) in [5, 5.41) is 0. The lowest BCUT2D eigenvalue weighted by atomic mass is 10.00. The van der Waals surface area contributed by atoms with Crippen molar-refractivity contribution >= 4 is 34.1 Å². The van der Waals surface area contributed by atoms with Crippen molar-refractivity contribution < 1.29 is 0 Å². The van der Waals surface area contributed by atoms with Crippen LogP contribution in [0.4, 0.5) is 34.1 Å². The first-order valence-electron chi connectivity index (χ1n) is 21.2. The van der Waals surface area contributed by atoms with Gasteiger partial charge in [-0.1, -0.05) is 200 Å². The Labute approximate surface area is 364 Å². The van der Waals surface area contributed by atoms with E-state index in [1.807, 2.05) is 0 Å². The predicted molar refractivity (Wildman–Crippen MR) is 263 cm³/mol. The van der Waals surface area contributed by atoms with Crippen LogP contribution in [0.3, 0.4) is 0 Å². The van der Waals surface area contributed by atoms with Crippen molar-refractivity contribution in [3.8, 4) is 55.6 Å². The molecular weight excluding hydrogens is 749 g/mol.